The summed E-state index contributed by atoms with van der Waals surface area (Å²) >= 11 is 6.09. The number of pyridine rings is 1. The smallest absolute Gasteiger partial charge is 0.0487 e. The molecule has 0 aliphatic carbocycles. The van der Waals surface area contributed by atoms with Gasteiger partial charge in [0.2, 0.25) is 0 Å². The van der Waals surface area contributed by atoms with Crippen LogP contribution in [-0.2, 0) is 0 Å². The Labute approximate surface area is 136 Å². The second-order valence-electron chi connectivity index (χ2n) is 5.54. The Hall–Kier alpha value is -1.62. The van der Waals surface area contributed by atoms with E-state index >= 15 is 0 Å². The third-order valence-corrected chi connectivity index (χ3v) is 4.46. The number of rotatable bonds is 4. The van der Waals surface area contributed by atoms with E-state index in [9.17, 15) is 0 Å². The first-order valence-corrected chi connectivity index (χ1v) is 8.00. The summed E-state index contributed by atoms with van der Waals surface area (Å²) in [5.41, 5.74) is 8.39. The number of anilines is 1. The Balaban J connectivity index is 1.66. The van der Waals surface area contributed by atoms with E-state index in [-0.39, 0.29) is 6.04 Å². The predicted octanol–water partition coefficient (Wildman–Crippen LogP) is 2.56. The van der Waals surface area contributed by atoms with Gasteiger partial charge in [0.05, 0.1) is 0 Å². The molecule has 2 N–H and O–H groups in total. The molecule has 1 aromatic heterocycles. The molecule has 2 heterocycles. The molecule has 1 aromatic carbocycles. The molecular formula is C17H21ClN4. The third kappa shape index (κ3) is 3.40. The van der Waals surface area contributed by atoms with E-state index in [0.29, 0.717) is 6.54 Å². The molecule has 0 saturated carbocycles. The topological polar surface area (TPSA) is 45.4 Å². The fourth-order valence-corrected chi connectivity index (χ4v) is 3.22. The largest absolute Gasteiger partial charge is 0.369 e. The van der Waals surface area contributed by atoms with Crippen LogP contribution in [-0.4, -0.2) is 42.6 Å². The van der Waals surface area contributed by atoms with E-state index in [1.165, 1.54) is 11.3 Å². The van der Waals surface area contributed by atoms with Crippen molar-refractivity contribution in [2.75, 3.05) is 37.6 Å². The van der Waals surface area contributed by atoms with Crippen molar-refractivity contribution in [1.82, 2.24) is 9.88 Å². The van der Waals surface area contributed by atoms with Crippen LogP contribution in [0, 0.1) is 0 Å². The van der Waals surface area contributed by atoms with Crippen molar-refractivity contribution >= 4 is 17.3 Å². The van der Waals surface area contributed by atoms with E-state index in [4.69, 9.17) is 17.3 Å². The van der Waals surface area contributed by atoms with Crippen molar-refractivity contribution < 1.29 is 0 Å². The molecule has 0 amide bonds. The average Bonchev–Trinajstić information content (AvgIpc) is 2.57. The van der Waals surface area contributed by atoms with Crippen LogP contribution >= 0.6 is 11.6 Å². The lowest BCUT2D eigenvalue weighted by atomic mass is 10.1. The summed E-state index contributed by atoms with van der Waals surface area (Å²) in [5.74, 6) is 0. The van der Waals surface area contributed by atoms with E-state index < -0.39 is 0 Å². The number of aromatic nitrogens is 1. The quantitative estimate of drug-likeness (QED) is 0.941. The van der Waals surface area contributed by atoms with E-state index in [0.717, 1.165) is 31.2 Å². The predicted molar refractivity (Wildman–Crippen MR) is 91.3 cm³/mol. The summed E-state index contributed by atoms with van der Waals surface area (Å²) in [4.78, 5) is 9.03. The lowest BCUT2D eigenvalue weighted by Crippen LogP contribution is -2.49. The summed E-state index contributed by atoms with van der Waals surface area (Å²) in [6.45, 7) is 4.56. The van der Waals surface area contributed by atoms with E-state index in [2.05, 4.69) is 26.9 Å². The fourth-order valence-electron chi connectivity index (χ4n) is 3.03. The van der Waals surface area contributed by atoms with Crippen LogP contribution in [0.15, 0.2) is 48.8 Å². The van der Waals surface area contributed by atoms with Crippen LogP contribution < -0.4 is 10.6 Å². The highest BCUT2D eigenvalue weighted by atomic mass is 35.5. The highest BCUT2D eigenvalue weighted by Crippen LogP contribution is 2.24. The number of piperazine rings is 1. The van der Waals surface area contributed by atoms with Crippen molar-refractivity contribution in [3.63, 3.8) is 0 Å². The molecule has 1 unspecified atom stereocenters. The number of halogens is 1. The minimum absolute atomic E-state index is 0.246. The van der Waals surface area contributed by atoms with Gasteiger partial charge in [-0.1, -0.05) is 23.7 Å². The Morgan fingerprint density at radius 2 is 1.95 bits per heavy atom. The molecule has 22 heavy (non-hydrogen) atoms. The SMILES string of the molecule is NCC(c1cccnc1)N1CCN(c2cccc(Cl)c2)CC1. The monoisotopic (exact) mass is 316 g/mol. The van der Waals surface area contributed by atoms with Crippen LogP contribution in [0.1, 0.15) is 11.6 Å². The van der Waals surface area contributed by atoms with Crippen molar-refractivity contribution in [3.05, 3.63) is 59.4 Å². The van der Waals surface area contributed by atoms with Crippen LogP contribution in [0.3, 0.4) is 0 Å². The molecule has 5 heteroatoms. The first-order chi connectivity index (χ1) is 10.8. The van der Waals surface area contributed by atoms with Gasteiger partial charge in [-0.05, 0) is 29.8 Å². The maximum absolute atomic E-state index is 6.09. The number of nitrogens with zero attached hydrogens (tertiary/aromatic N) is 3. The molecule has 1 fully saturated rings. The normalized spacial score (nSPS) is 17.5. The third-order valence-electron chi connectivity index (χ3n) is 4.22. The van der Waals surface area contributed by atoms with E-state index in [1.54, 1.807) is 6.20 Å². The molecule has 0 radical (unpaired) electrons. The molecule has 4 nitrogen and oxygen atoms in total. The summed E-state index contributed by atoms with van der Waals surface area (Å²) < 4.78 is 0. The van der Waals surface area contributed by atoms with Gasteiger partial charge in [0.25, 0.3) is 0 Å². The van der Waals surface area contributed by atoms with E-state index in [1.807, 2.05) is 30.5 Å². The Morgan fingerprint density at radius 3 is 2.59 bits per heavy atom. The van der Waals surface area contributed by atoms with Crippen LogP contribution in [0.4, 0.5) is 5.69 Å². The maximum atomic E-state index is 6.09. The lowest BCUT2D eigenvalue weighted by Gasteiger charge is -2.40. The Morgan fingerprint density at radius 1 is 1.14 bits per heavy atom. The zero-order valence-corrected chi connectivity index (χ0v) is 13.3. The molecule has 1 aliphatic heterocycles. The standard InChI is InChI=1S/C17H21ClN4/c18-15-4-1-5-16(11-15)21-7-9-22(10-8-21)17(12-19)14-3-2-6-20-13-14/h1-6,11,13,17H,7-10,12,19H2. The molecule has 3 rings (SSSR count). The lowest BCUT2D eigenvalue weighted by molar-refractivity contribution is 0.190. The average molecular weight is 317 g/mol. The molecule has 1 aliphatic rings. The van der Waals surface area contributed by atoms with Gasteiger partial charge in [-0.3, -0.25) is 9.88 Å². The number of benzene rings is 1. The van der Waals surface area contributed by atoms with Gasteiger partial charge in [-0.25, -0.2) is 0 Å². The summed E-state index contributed by atoms with van der Waals surface area (Å²) in [7, 11) is 0. The van der Waals surface area contributed by atoms with Gasteiger partial charge in [0.15, 0.2) is 0 Å². The summed E-state index contributed by atoms with van der Waals surface area (Å²) in [6, 6.07) is 12.4. The number of hydrogen-bond donors (Lipinski definition) is 1. The second kappa shape index (κ2) is 7.09. The Bertz CT molecular complexity index is 597. The number of nitrogens with two attached hydrogens (primary N) is 1. The first-order valence-electron chi connectivity index (χ1n) is 7.62. The molecule has 1 atom stereocenters. The van der Waals surface area contributed by atoms with Gasteiger partial charge >= 0.3 is 0 Å². The molecule has 0 spiro atoms. The number of hydrogen-bond acceptors (Lipinski definition) is 4. The fraction of sp³-hybridized carbons (Fsp3) is 0.353. The molecule has 116 valence electrons. The molecule has 2 aromatic rings. The van der Waals surface area contributed by atoms with Gasteiger partial charge in [0, 0.05) is 61.9 Å². The second-order valence-corrected chi connectivity index (χ2v) is 5.98. The molecular weight excluding hydrogens is 296 g/mol. The summed E-state index contributed by atoms with van der Waals surface area (Å²) in [6.07, 6.45) is 3.72. The van der Waals surface area contributed by atoms with Gasteiger partial charge < -0.3 is 10.6 Å². The highest BCUT2D eigenvalue weighted by Gasteiger charge is 2.24. The minimum atomic E-state index is 0.246. The minimum Gasteiger partial charge on any atom is -0.369 e. The molecule has 1 saturated heterocycles. The van der Waals surface area contributed by atoms with Crippen molar-refractivity contribution in [2.24, 2.45) is 5.73 Å². The van der Waals surface area contributed by atoms with Gasteiger partial charge in [0.1, 0.15) is 0 Å². The van der Waals surface area contributed by atoms with Crippen molar-refractivity contribution in [3.8, 4) is 0 Å². The van der Waals surface area contributed by atoms with Crippen molar-refractivity contribution in [1.29, 1.82) is 0 Å². The summed E-state index contributed by atoms with van der Waals surface area (Å²) in [5, 5.41) is 0.787. The highest BCUT2D eigenvalue weighted by molar-refractivity contribution is 6.30. The van der Waals surface area contributed by atoms with Crippen molar-refractivity contribution in [2.45, 2.75) is 6.04 Å². The van der Waals surface area contributed by atoms with Gasteiger partial charge in [-0.15, -0.1) is 0 Å². The first kappa shape index (κ1) is 15.3. The maximum Gasteiger partial charge on any atom is 0.0487 e. The van der Waals surface area contributed by atoms with Crippen LogP contribution in [0.5, 0.6) is 0 Å². The Kier molecular flexibility index (Phi) is 4.93. The zero-order valence-electron chi connectivity index (χ0n) is 12.5. The molecule has 0 bridgehead atoms. The van der Waals surface area contributed by atoms with Gasteiger partial charge in [-0.2, -0.15) is 0 Å². The zero-order chi connectivity index (χ0) is 15.4. The van der Waals surface area contributed by atoms with Crippen LogP contribution in [0.2, 0.25) is 5.02 Å². The van der Waals surface area contributed by atoms with Crippen LogP contribution in [0.25, 0.3) is 0 Å².